The molecule has 1 aromatic carbocycles. The maximum absolute atomic E-state index is 6.16. The minimum atomic E-state index is -0.133. The molecule has 1 rings (SSSR count). The third-order valence-electron chi connectivity index (χ3n) is 2.02. The van der Waals surface area contributed by atoms with Crippen LogP contribution in [0.15, 0.2) is 24.3 Å². The van der Waals surface area contributed by atoms with E-state index < -0.39 is 0 Å². The third-order valence-corrected chi connectivity index (χ3v) is 2.16. The SMILES string of the molecule is CCc1cccc(CC(C)(C)Cl)c1. The molecule has 0 aliphatic rings. The van der Waals surface area contributed by atoms with Crippen molar-refractivity contribution < 1.29 is 0 Å². The first-order valence-corrected chi connectivity index (χ1v) is 5.16. The zero-order valence-corrected chi connectivity index (χ0v) is 9.36. The van der Waals surface area contributed by atoms with Gasteiger partial charge in [0.1, 0.15) is 0 Å². The van der Waals surface area contributed by atoms with Gasteiger partial charge in [0.05, 0.1) is 0 Å². The van der Waals surface area contributed by atoms with Crippen molar-refractivity contribution >= 4 is 11.6 Å². The lowest BCUT2D eigenvalue weighted by molar-refractivity contribution is 0.693. The molecular formula is C12H17Cl. The van der Waals surface area contributed by atoms with Gasteiger partial charge < -0.3 is 0 Å². The molecule has 0 amide bonds. The van der Waals surface area contributed by atoms with Crippen LogP contribution < -0.4 is 0 Å². The Balaban J connectivity index is 2.78. The number of hydrogen-bond acceptors (Lipinski definition) is 0. The molecule has 0 aromatic heterocycles. The second kappa shape index (κ2) is 4.15. The van der Waals surface area contributed by atoms with E-state index in [9.17, 15) is 0 Å². The van der Waals surface area contributed by atoms with Crippen LogP contribution in [0.2, 0.25) is 0 Å². The lowest BCUT2D eigenvalue weighted by Gasteiger charge is -2.15. The van der Waals surface area contributed by atoms with Gasteiger partial charge in [0, 0.05) is 4.87 Å². The van der Waals surface area contributed by atoms with Gasteiger partial charge in [-0.25, -0.2) is 0 Å². The summed E-state index contributed by atoms with van der Waals surface area (Å²) in [4.78, 5) is -0.133. The standard InChI is InChI=1S/C12H17Cl/c1-4-10-6-5-7-11(8-10)9-12(2,3)13/h5-8H,4,9H2,1-3H3. The molecule has 0 atom stereocenters. The minimum Gasteiger partial charge on any atom is -0.120 e. The van der Waals surface area contributed by atoms with E-state index in [1.807, 2.05) is 13.8 Å². The number of aryl methyl sites for hydroxylation is 1. The molecule has 1 aromatic rings. The molecule has 0 heterocycles. The van der Waals surface area contributed by atoms with E-state index in [0.717, 1.165) is 12.8 Å². The van der Waals surface area contributed by atoms with Crippen LogP contribution in [0.3, 0.4) is 0 Å². The third kappa shape index (κ3) is 3.82. The Morgan fingerprint density at radius 1 is 1.23 bits per heavy atom. The zero-order chi connectivity index (χ0) is 9.90. The Morgan fingerprint density at radius 3 is 2.38 bits per heavy atom. The number of halogens is 1. The van der Waals surface area contributed by atoms with E-state index in [1.165, 1.54) is 11.1 Å². The van der Waals surface area contributed by atoms with Gasteiger partial charge in [-0.3, -0.25) is 0 Å². The summed E-state index contributed by atoms with van der Waals surface area (Å²) < 4.78 is 0. The van der Waals surface area contributed by atoms with E-state index >= 15 is 0 Å². The van der Waals surface area contributed by atoms with Crippen molar-refractivity contribution in [3.8, 4) is 0 Å². The average Bonchev–Trinajstić information content (AvgIpc) is 2.01. The van der Waals surface area contributed by atoms with Crippen molar-refractivity contribution in [2.45, 2.75) is 38.5 Å². The first-order valence-electron chi connectivity index (χ1n) is 4.78. The highest BCUT2D eigenvalue weighted by atomic mass is 35.5. The molecule has 0 radical (unpaired) electrons. The molecule has 0 nitrogen and oxygen atoms in total. The van der Waals surface area contributed by atoms with Gasteiger partial charge in [-0.2, -0.15) is 0 Å². The average molecular weight is 197 g/mol. The molecule has 1 heteroatoms. The van der Waals surface area contributed by atoms with Gasteiger partial charge in [0.2, 0.25) is 0 Å². The summed E-state index contributed by atoms with van der Waals surface area (Å²) in [6.45, 7) is 6.27. The molecule has 0 unspecified atom stereocenters. The van der Waals surface area contributed by atoms with Crippen molar-refractivity contribution in [3.63, 3.8) is 0 Å². The molecule has 0 aliphatic carbocycles. The van der Waals surface area contributed by atoms with Crippen LogP contribution in [0, 0.1) is 0 Å². The maximum atomic E-state index is 6.16. The van der Waals surface area contributed by atoms with E-state index in [2.05, 4.69) is 31.2 Å². The summed E-state index contributed by atoms with van der Waals surface area (Å²) in [7, 11) is 0. The van der Waals surface area contributed by atoms with Crippen molar-refractivity contribution in [2.75, 3.05) is 0 Å². The van der Waals surface area contributed by atoms with Crippen LogP contribution >= 0.6 is 11.6 Å². The fourth-order valence-corrected chi connectivity index (χ4v) is 1.60. The largest absolute Gasteiger partial charge is 0.120 e. The summed E-state index contributed by atoms with van der Waals surface area (Å²) in [5.41, 5.74) is 2.72. The number of hydrogen-bond donors (Lipinski definition) is 0. The Hall–Kier alpha value is -0.490. The summed E-state index contributed by atoms with van der Waals surface area (Å²) >= 11 is 6.16. The van der Waals surface area contributed by atoms with Gasteiger partial charge in [-0.05, 0) is 37.8 Å². The van der Waals surface area contributed by atoms with Crippen LogP contribution in [-0.2, 0) is 12.8 Å². The molecule has 0 bridgehead atoms. The highest BCUT2D eigenvalue weighted by Gasteiger charge is 2.13. The Bertz CT molecular complexity index is 271. The van der Waals surface area contributed by atoms with Gasteiger partial charge in [-0.1, -0.05) is 31.2 Å². The lowest BCUT2D eigenvalue weighted by Crippen LogP contribution is -2.13. The van der Waals surface area contributed by atoms with Crippen LogP contribution in [0.5, 0.6) is 0 Å². The van der Waals surface area contributed by atoms with Crippen LogP contribution in [-0.4, -0.2) is 4.87 Å². The summed E-state index contributed by atoms with van der Waals surface area (Å²) in [6.07, 6.45) is 2.03. The van der Waals surface area contributed by atoms with Gasteiger partial charge >= 0.3 is 0 Å². The highest BCUT2D eigenvalue weighted by Crippen LogP contribution is 2.20. The fourth-order valence-electron chi connectivity index (χ4n) is 1.44. The van der Waals surface area contributed by atoms with Gasteiger partial charge in [0.15, 0.2) is 0 Å². The Morgan fingerprint density at radius 2 is 1.85 bits per heavy atom. The molecule has 0 fully saturated rings. The summed E-state index contributed by atoms with van der Waals surface area (Å²) in [5.74, 6) is 0. The van der Waals surface area contributed by atoms with Gasteiger partial charge in [-0.15, -0.1) is 11.6 Å². The highest BCUT2D eigenvalue weighted by molar-refractivity contribution is 6.23. The van der Waals surface area contributed by atoms with Crippen LogP contribution in [0.1, 0.15) is 31.9 Å². The summed E-state index contributed by atoms with van der Waals surface area (Å²) in [6, 6.07) is 8.65. The maximum Gasteiger partial charge on any atom is 0.0430 e. The lowest BCUT2D eigenvalue weighted by atomic mass is 10.00. The number of rotatable bonds is 3. The van der Waals surface area contributed by atoms with E-state index in [4.69, 9.17) is 11.6 Å². The van der Waals surface area contributed by atoms with Crippen molar-refractivity contribution in [1.82, 2.24) is 0 Å². The van der Waals surface area contributed by atoms with Crippen LogP contribution in [0.25, 0.3) is 0 Å². The fraction of sp³-hybridized carbons (Fsp3) is 0.500. The van der Waals surface area contributed by atoms with E-state index in [-0.39, 0.29) is 4.87 Å². The normalized spacial score (nSPS) is 11.7. The second-order valence-electron chi connectivity index (χ2n) is 4.07. The second-order valence-corrected chi connectivity index (χ2v) is 5.09. The number of alkyl halides is 1. The van der Waals surface area contributed by atoms with Crippen LogP contribution in [0.4, 0.5) is 0 Å². The van der Waals surface area contributed by atoms with Crippen molar-refractivity contribution in [1.29, 1.82) is 0 Å². The molecular weight excluding hydrogens is 180 g/mol. The molecule has 0 saturated heterocycles. The summed E-state index contributed by atoms with van der Waals surface area (Å²) in [5, 5.41) is 0. The molecule has 0 aliphatic heterocycles. The Labute approximate surface area is 85.9 Å². The van der Waals surface area contributed by atoms with E-state index in [0.29, 0.717) is 0 Å². The topological polar surface area (TPSA) is 0 Å². The quantitative estimate of drug-likeness (QED) is 0.645. The molecule has 72 valence electrons. The smallest absolute Gasteiger partial charge is 0.0430 e. The van der Waals surface area contributed by atoms with Gasteiger partial charge in [0.25, 0.3) is 0 Å². The van der Waals surface area contributed by atoms with E-state index in [1.54, 1.807) is 0 Å². The first-order chi connectivity index (χ1) is 6.01. The van der Waals surface area contributed by atoms with Crippen molar-refractivity contribution in [3.05, 3.63) is 35.4 Å². The minimum absolute atomic E-state index is 0.133. The molecule has 13 heavy (non-hydrogen) atoms. The first kappa shape index (κ1) is 10.6. The molecule has 0 N–H and O–H groups in total. The predicted molar refractivity (Wildman–Crippen MR) is 59.5 cm³/mol. The monoisotopic (exact) mass is 196 g/mol. The zero-order valence-electron chi connectivity index (χ0n) is 8.60. The number of benzene rings is 1. The molecule has 0 spiro atoms. The molecule has 0 saturated carbocycles. The Kier molecular flexibility index (Phi) is 3.38. The van der Waals surface area contributed by atoms with Crippen molar-refractivity contribution in [2.24, 2.45) is 0 Å². The predicted octanol–water partition coefficient (Wildman–Crippen LogP) is 3.81.